The molecule has 3 heterocycles. The zero-order valence-electron chi connectivity index (χ0n) is 11.9. The summed E-state index contributed by atoms with van der Waals surface area (Å²) in [5.41, 5.74) is 2.02. The van der Waals surface area contributed by atoms with Crippen molar-refractivity contribution in [1.29, 1.82) is 0 Å². The molecule has 0 atom stereocenters. The Hall–Kier alpha value is -1.95. The smallest absolute Gasteiger partial charge is 0.154 e. The molecule has 0 unspecified atom stereocenters. The molecule has 3 rings (SSSR count). The molecule has 0 aliphatic rings. The van der Waals surface area contributed by atoms with Crippen molar-refractivity contribution in [2.45, 2.75) is 26.8 Å². The van der Waals surface area contributed by atoms with Gasteiger partial charge in [-0.3, -0.25) is 0 Å². The van der Waals surface area contributed by atoms with Crippen LogP contribution in [0.3, 0.4) is 0 Å². The van der Waals surface area contributed by atoms with Crippen molar-refractivity contribution in [1.82, 2.24) is 19.6 Å². The molecule has 0 fully saturated rings. The number of anilines is 1. The Morgan fingerprint density at radius 2 is 2.20 bits per heavy atom. The van der Waals surface area contributed by atoms with Crippen molar-refractivity contribution in [3.05, 3.63) is 40.2 Å². The number of aromatic nitrogens is 4. The molecule has 0 saturated heterocycles. The molecule has 0 aromatic carbocycles. The van der Waals surface area contributed by atoms with Crippen LogP contribution < -0.4 is 4.90 Å². The van der Waals surface area contributed by atoms with E-state index in [2.05, 4.69) is 33.0 Å². The SMILES string of the molecule is CCc1cnc(CN(C)c2nccn3nc(C)cc23)s1. The Morgan fingerprint density at radius 3 is 2.95 bits per heavy atom. The molecular formula is C14H17N5S. The average Bonchev–Trinajstić information content (AvgIpc) is 3.02. The van der Waals surface area contributed by atoms with E-state index in [0.29, 0.717) is 0 Å². The van der Waals surface area contributed by atoms with Crippen LogP contribution in [-0.2, 0) is 13.0 Å². The number of rotatable bonds is 4. The highest BCUT2D eigenvalue weighted by atomic mass is 32.1. The lowest BCUT2D eigenvalue weighted by molar-refractivity contribution is 0.866. The highest BCUT2D eigenvalue weighted by molar-refractivity contribution is 7.11. The van der Waals surface area contributed by atoms with E-state index in [9.17, 15) is 0 Å². The molecule has 0 radical (unpaired) electrons. The normalized spacial score (nSPS) is 11.2. The second kappa shape index (κ2) is 5.20. The summed E-state index contributed by atoms with van der Waals surface area (Å²) in [5.74, 6) is 0.932. The molecule has 104 valence electrons. The van der Waals surface area contributed by atoms with Gasteiger partial charge in [-0.15, -0.1) is 11.3 Å². The second-order valence-corrected chi connectivity index (χ2v) is 6.00. The van der Waals surface area contributed by atoms with Crippen LogP contribution in [0.2, 0.25) is 0 Å². The van der Waals surface area contributed by atoms with Crippen molar-refractivity contribution >= 4 is 22.7 Å². The summed E-state index contributed by atoms with van der Waals surface area (Å²) in [4.78, 5) is 12.4. The van der Waals surface area contributed by atoms with Crippen LogP contribution in [-0.4, -0.2) is 26.6 Å². The summed E-state index contributed by atoms with van der Waals surface area (Å²) in [6.45, 7) is 4.91. The van der Waals surface area contributed by atoms with E-state index in [0.717, 1.165) is 35.0 Å². The van der Waals surface area contributed by atoms with Crippen molar-refractivity contribution in [2.75, 3.05) is 11.9 Å². The summed E-state index contributed by atoms with van der Waals surface area (Å²) >= 11 is 1.76. The van der Waals surface area contributed by atoms with E-state index < -0.39 is 0 Å². The van der Waals surface area contributed by atoms with E-state index >= 15 is 0 Å². The Labute approximate surface area is 121 Å². The van der Waals surface area contributed by atoms with Crippen LogP contribution in [0.25, 0.3) is 5.52 Å². The molecule has 3 aromatic heterocycles. The standard InChI is InChI=1S/C14H17N5S/c1-4-11-8-16-13(20-11)9-18(3)14-12-7-10(2)17-19(12)6-5-15-14/h5-8H,4,9H2,1-3H3. The molecule has 0 aliphatic heterocycles. The Bertz CT molecular complexity index is 730. The second-order valence-electron chi connectivity index (χ2n) is 4.80. The van der Waals surface area contributed by atoms with Crippen LogP contribution in [0.15, 0.2) is 24.7 Å². The molecular weight excluding hydrogens is 270 g/mol. The van der Waals surface area contributed by atoms with Gasteiger partial charge in [0.25, 0.3) is 0 Å². The number of fused-ring (bicyclic) bond motifs is 1. The highest BCUT2D eigenvalue weighted by Crippen LogP contribution is 2.22. The largest absolute Gasteiger partial charge is 0.351 e. The van der Waals surface area contributed by atoms with Crippen LogP contribution in [0.4, 0.5) is 5.82 Å². The van der Waals surface area contributed by atoms with Crippen LogP contribution in [0.5, 0.6) is 0 Å². The predicted molar refractivity (Wildman–Crippen MR) is 81.3 cm³/mol. The first-order chi connectivity index (χ1) is 9.67. The Balaban J connectivity index is 1.90. The van der Waals surface area contributed by atoms with Crippen molar-refractivity contribution < 1.29 is 0 Å². The maximum atomic E-state index is 4.49. The zero-order chi connectivity index (χ0) is 14.1. The third-order valence-corrected chi connectivity index (χ3v) is 4.30. The molecule has 0 amide bonds. The molecule has 0 bridgehead atoms. The topological polar surface area (TPSA) is 46.3 Å². The quantitative estimate of drug-likeness (QED) is 0.740. The van der Waals surface area contributed by atoms with Crippen molar-refractivity contribution in [3.8, 4) is 0 Å². The van der Waals surface area contributed by atoms with E-state index in [4.69, 9.17) is 0 Å². The summed E-state index contributed by atoms with van der Waals surface area (Å²) in [5, 5.41) is 5.53. The molecule has 5 nitrogen and oxygen atoms in total. The lowest BCUT2D eigenvalue weighted by Gasteiger charge is -2.17. The van der Waals surface area contributed by atoms with Gasteiger partial charge in [0, 0.05) is 30.5 Å². The fraction of sp³-hybridized carbons (Fsp3) is 0.357. The molecule has 20 heavy (non-hydrogen) atoms. The summed E-state index contributed by atoms with van der Waals surface area (Å²) < 4.78 is 1.87. The van der Waals surface area contributed by atoms with E-state index in [1.807, 2.05) is 30.9 Å². The van der Waals surface area contributed by atoms with E-state index in [1.165, 1.54) is 4.88 Å². The number of nitrogens with zero attached hydrogens (tertiary/aromatic N) is 5. The van der Waals surface area contributed by atoms with E-state index in [-0.39, 0.29) is 0 Å². The van der Waals surface area contributed by atoms with Gasteiger partial charge in [0.15, 0.2) is 5.82 Å². The third kappa shape index (κ3) is 2.38. The zero-order valence-corrected chi connectivity index (χ0v) is 12.7. The first-order valence-corrected chi connectivity index (χ1v) is 7.44. The number of hydrogen-bond donors (Lipinski definition) is 0. The lowest BCUT2D eigenvalue weighted by Crippen LogP contribution is -2.18. The fourth-order valence-corrected chi connectivity index (χ4v) is 3.10. The first-order valence-electron chi connectivity index (χ1n) is 6.63. The van der Waals surface area contributed by atoms with Crippen LogP contribution in [0.1, 0.15) is 22.5 Å². The summed E-state index contributed by atoms with van der Waals surface area (Å²) in [6.07, 6.45) is 6.66. The van der Waals surface area contributed by atoms with Gasteiger partial charge in [0.1, 0.15) is 10.5 Å². The maximum absolute atomic E-state index is 4.49. The summed E-state index contributed by atoms with van der Waals surface area (Å²) in [6, 6.07) is 2.05. The minimum absolute atomic E-state index is 0.765. The fourth-order valence-electron chi connectivity index (χ4n) is 2.19. The number of hydrogen-bond acceptors (Lipinski definition) is 5. The van der Waals surface area contributed by atoms with Crippen LogP contribution >= 0.6 is 11.3 Å². The molecule has 0 spiro atoms. The van der Waals surface area contributed by atoms with Gasteiger partial charge in [-0.05, 0) is 19.4 Å². The van der Waals surface area contributed by atoms with Gasteiger partial charge >= 0.3 is 0 Å². The molecule has 3 aromatic rings. The Morgan fingerprint density at radius 1 is 1.35 bits per heavy atom. The monoisotopic (exact) mass is 287 g/mol. The lowest BCUT2D eigenvalue weighted by atomic mass is 10.4. The third-order valence-electron chi connectivity index (χ3n) is 3.18. The van der Waals surface area contributed by atoms with Crippen molar-refractivity contribution in [3.63, 3.8) is 0 Å². The molecule has 0 saturated carbocycles. The minimum atomic E-state index is 0.765. The molecule has 6 heteroatoms. The van der Waals surface area contributed by atoms with Gasteiger partial charge in [0.05, 0.1) is 12.2 Å². The molecule has 0 N–H and O–H groups in total. The predicted octanol–water partition coefficient (Wildman–Crippen LogP) is 2.69. The first kappa shape index (κ1) is 13.1. The minimum Gasteiger partial charge on any atom is -0.351 e. The van der Waals surface area contributed by atoms with Gasteiger partial charge in [-0.2, -0.15) is 5.10 Å². The highest BCUT2D eigenvalue weighted by Gasteiger charge is 2.12. The summed E-state index contributed by atoms with van der Waals surface area (Å²) in [7, 11) is 2.04. The molecule has 0 aliphatic carbocycles. The maximum Gasteiger partial charge on any atom is 0.154 e. The van der Waals surface area contributed by atoms with Gasteiger partial charge in [-0.1, -0.05) is 6.92 Å². The van der Waals surface area contributed by atoms with Gasteiger partial charge < -0.3 is 4.90 Å². The van der Waals surface area contributed by atoms with Gasteiger partial charge in [-0.25, -0.2) is 14.5 Å². The van der Waals surface area contributed by atoms with E-state index in [1.54, 1.807) is 17.5 Å². The van der Waals surface area contributed by atoms with Crippen molar-refractivity contribution in [2.24, 2.45) is 0 Å². The number of thiazole rings is 1. The van der Waals surface area contributed by atoms with Gasteiger partial charge in [0.2, 0.25) is 0 Å². The Kier molecular flexibility index (Phi) is 3.40. The van der Waals surface area contributed by atoms with Crippen LogP contribution in [0, 0.1) is 6.92 Å². The average molecular weight is 287 g/mol. The number of aryl methyl sites for hydroxylation is 2.